The van der Waals surface area contributed by atoms with E-state index >= 15 is 0 Å². The van der Waals surface area contributed by atoms with Crippen molar-refractivity contribution in [2.24, 2.45) is 0 Å². The van der Waals surface area contributed by atoms with Crippen molar-refractivity contribution in [1.82, 2.24) is 4.98 Å². The summed E-state index contributed by atoms with van der Waals surface area (Å²) in [6.07, 6.45) is 5.52. The van der Waals surface area contributed by atoms with Crippen LogP contribution in [0.25, 0.3) is 11.3 Å². The van der Waals surface area contributed by atoms with Crippen molar-refractivity contribution in [3.8, 4) is 17.3 Å². The minimum Gasteiger partial charge on any atom is -0.240 e. The van der Waals surface area contributed by atoms with Crippen molar-refractivity contribution >= 4 is 11.8 Å². The molecular formula is C19H20N2S. The highest BCUT2D eigenvalue weighted by Gasteiger charge is 2.22. The molecule has 2 aromatic rings. The molecule has 0 aliphatic heterocycles. The van der Waals surface area contributed by atoms with Gasteiger partial charge in [-0.15, -0.1) is 11.8 Å². The van der Waals surface area contributed by atoms with E-state index in [-0.39, 0.29) is 0 Å². The van der Waals surface area contributed by atoms with Gasteiger partial charge in [0, 0.05) is 5.56 Å². The molecule has 3 rings (SSSR count). The van der Waals surface area contributed by atoms with Crippen LogP contribution >= 0.6 is 11.8 Å². The van der Waals surface area contributed by atoms with Gasteiger partial charge < -0.3 is 0 Å². The number of fused-ring (bicyclic) bond motifs is 1. The summed E-state index contributed by atoms with van der Waals surface area (Å²) < 4.78 is 0. The van der Waals surface area contributed by atoms with Crippen LogP contribution in [0.4, 0.5) is 0 Å². The van der Waals surface area contributed by atoms with Crippen molar-refractivity contribution in [2.75, 3.05) is 5.75 Å². The van der Waals surface area contributed by atoms with Crippen LogP contribution in [0.15, 0.2) is 35.4 Å². The quantitative estimate of drug-likeness (QED) is 0.746. The Hall–Kier alpha value is -1.79. The maximum absolute atomic E-state index is 9.63. The van der Waals surface area contributed by atoms with Gasteiger partial charge in [-0.1, -0.05) is 37.3 Å². The summed E-state index contributed by atoms with van der Waals surface area (Å²) in [5.74, 6) is 1.01. The largest absolute Gasteiger partial charge is 0.240 e. The fourth-order valence-corrected chi connectivity index (χ4v) is 3.92. The lowest BCUT2D eigenvalue weighted by Crippen LogP contribution is -2.10. The van der Waals surface area contributed by atoms with Gasteiger partial charge in [0.1, 0.15) is 11.1 Å². The monoisotopic (exact) mass is 308 g/mol. The van der Waals surface area contributed by atoms with Crippen LogP contribution in [-0.4, -0.2) is 10.7 Å². The van der Waals surface area contributed by atoms with Crippen molar-refractivity contribution in [1.29, 1.82) is 5.26 Å². The number of hydrogen-bond donors (Lipinski definition) is 0. The van der Waals surface area contributed by atoms with E-state index in [0.717, 1.165) is 41.3 Å². The first kappa shape index (κ1) is 15.1. The predicted molar refractivity (Wildman–Crippen MR) is 92.0 cm³/mol. The number of pyridine rings is 1. The van der Waals surface area contributed by atoms with Crippen LogP contribution in [0.2, 0.25) is 0 Å². The van der Waals surface area contributed by atoms with Gasteiger partial charge in [0.25, 0.3) is 0 Å². The van der Waals surface area contributed by atoms with Gasteiger partial charge in [-0.2, -0.15) is 5.26 Å². The Morgan fingerprint density at radius 3 is 2.55 bits per heavy atom. The zero-order valence-electron chi connectivity index (χ0n) is 12.9. The third-order valence-corrected chi connectivity index (χ3v) is 5.27. The third kappa shape index (κ3) is 2.89. The molecule has 0 unspecified atom stereocenters. The average Bonchev–Trinajstić information content (AvgIpc) is 2.59. The van der Waals surface area contributed by atoms with E-state index in [4.69, 9.17) is 4.98 Å². The van der Waals surface area contributed by atoms with Crippen LogP contribution in [0.5, 0.6) is 0 Å². The Kier molecular flexibility index (Phi) is 4.80. The van der Waals surface area contributed by atoms with E-state index in [2.05, 4.69) is 37.3 Å². The Labute approximate surface area is 136 Å². The minimum atomic E-state index is 0.827. The normalized spacial score (nSPS) is 13.5. The number of benzene rings is 1. The smallest absolute Gasteiger partial charge is 0.115 e. The molecule has 112 valence electrons. The fourth-order valence-electron chi connectivity index (χ4n) is 3.05. The maximum atomic E-state index is 9.63. The fraction of sp³-hybridized carbons (Fsp3) is 0.368. The number of rotatable bonds is 4. The van der Waals surface area contributed by atoms with Crippen molar-refractivity contribution in [3.05, 3.63) is 47.0 Å². The van der Waals surface area contributed by atoms with Crippen LogP contribution < -0.4 is 0 Å². The molecule has 1 aromatic carbocycles. The predicted octanol–water partition coefficient (Wildman–Crippen LogP) is 5.00. The maximum Gasteiger partial charge on any atom is 0.115 e. The number of hydrogen-bond acceptors (Lipinski definition) is 3. The first-order chi connectivity index (χ1) is 10.8. The van der Waals surface area contributed by atoms with Gasteiger partial charge in [-0.05, 0) is 49.0 Å². The van der Waals surface area contributed by atoms with Gasteiger partial charge >= 0.3 is 0 Å². The lowest BCUT2D eigenvalue weighted by molar-refractivity contribution is 0.677. The van der Waals surface area contributed by atoms with Gasteiger partial charge in [0.15, 0.2) is 0 Å². The molecule has 0 saturated carbocycles. The Balaban J connectivity index is 2.19. The SMILES string of the molecule is CCCSc1nc(-c2ccccc2)c2c(c1C#N)CCCC2. The molecule has 1 aromatic heterocycles. The molecule has 2 nitrogen and oxygen atoms in total. The molecule has 0 bridgehead atoms. The zero-order valence-corrected chi connectivity index (χ0v) is 13.7. The van der Waals surface area contributed by atoms with E-state index in [0.29, 0.717) is 0 Å². The van der Waals surface area contributed by atoms with Gasteiger partial charge in [-0.25, -0.2) is 4.98 Å². The summed E-state index contributed by atoms with van der Waals surface area (Å²) in [7, 11) is 0. The highest BCUT2D eigenvalue weighted by Crippen LogP contribution is 2.36. The number of nitriles is 1. The highest BCUT2D eigenvalue weighted by molar-refractivity contribution is 7.99. The number of thioether (sulfide) groups is 1. The summed E-state index contributed by atoms with van der Waals surface area (Å²) in [6.45, 7) is 2.16. The molecule has 0 radical (unpaired) electrons. The Morgan fingerprint density at radius 1 is 1.14 bits per heavy atom. The summed E-state index contributed by atoms with van der Waals surface area (Å²) in [4.78, 5) is 4.91. The molecule has 1 aliphatic carbocycles. The van der Waals surface area contributed by atoms with Crippen molar-refractivity contribution < 1.29 is 0 Å². The second kappa shape index (κ2) is 6.98. The minimum absolute atomic E-state index is 0.827. The molecular weight excluding hydrogens is 288 g/mol. The molecule has 1 aliphatic rings. The van der Waals surface area contributed by atoms with E-state index < -0.39 is 0 Å². The third-order valence-electron chi connectivity index (χ3n) is 4.08. The van der Waals surface area contributed by atoms with Gasteiger partial charge in [0.2, 0.25) is 0 Å². The van der Waals surface area contributed by atoms with E-state index in [1.807, 2.05) is 6.07 Å². The molecule has 22 heavy (non-hydrogen) atoms. The van der Waals surface area contributed by atoms with Crippen molar-refractivity contribution in [3.63, 3.8) is 0 Å². The average molecular weight is 308 g/mol. The lowest BCUT2D eigenvalue weighted by atomic mass is 9.86. The first-order valence-electron chi connectivity index (χ1n) is 7.99. The summed E-state index contributed by atoms with van der Waals surface area (Å²) >= 11 is 1.72. The summed E-state index contributed by atoms with van der Waals surface area (Å²) in [6, 6.07) is 12.8. The summed E-state index contributed by atoms with van der Waals surface area (Å²) in [5.41, 5.74) is 5.64. The van der Waals surface area contributed by atoms with Crippen LogP contribution in [0.3, 0.4) is 0 Å². The first-order valence-corrected chi connectivity index (χ1v) is 8.97. The molecule has 0 spiro atoms. The molecule has 0 fully saturated rings. The van der Waals surface area contributed by atoms with Crippen LogP contribution in [0, 0.1) is 11.3 Å². The second-order valence-electron chi connectivity index (χ2n) is 5.63. The molecule has 0 atom stereocenters. The van der Waals surface area contributed by atoms with E-state index in [1.54, 1.807) is 11.8 Å². The Bertz CT molecular complexity index is 702. The van der Waals surface area contributed by atoms with E-state index in [9.17, 15) is 5.26 Å². The van der Waals surface area contributed by atoms with E-state index in [1.165, 1.54) is 29.5 Å². The molecule has 1 heterocycles. The topological polar surface area (TPSA) is 36.7 Å². The molecule has 0 N–H and O–H groups in total. The second-order valence-corrected chi connectivity index (χ2v) is 6.71. The number of aromatic nitrogens is 1. The highest BCUT2D eigenvalue weighted by atomic mass is 32.2. The molecule has 0 saturated heterocycles. The van der Waals surface area contributed by atoms with Gasteiger partial charge in [0.05, 0.1) is 11.3 Å². The standard InChI is InChI=1S/C19H20N2S/c1-2-12-22-19-17(13-20)15-10-6-7-11-16(15)18(21-19)14-8-4-3-5-9-14/h3-5,8-9H,2,6-7,10-12H2,1H3. The molecule has 0 amide bonds. The number of nitrogens with zero attached hydrogens (tertiary/aromatic N) is 2. The van der Waals surface area contributed by atoms with Crippen molar-refractivity contribution in [2.45, 2.75) is 44.1 Å². The summed E-state index contributed by atoms with van der Waals surface area (Å²) in [5, 5.41) is 10.6. The lowest BCUT2D eigenvalue weighted by Gasteiger charge is -2.22. The van der Waals surface area contributed by atoms with Crippen LogP contribution in [0.1, 0.15) is 42.9 Å². The zero-order chi connectivity index (χ0) is 15.4. The van der Waals surface area contributed by atoms with Crippen LogP contribution in [-0.2, 0) is 12.8 Å². The molecule has 3 heteroatoms. The van der Waals surface area contributed by atoms with Gasteiger partial charge in [-0.3, -0.25) is 0 Å². The Morgan fingerprint density at radius 2 is 1.86 bits per heavy atom.